The Kier molecular flexibility index (Phi) is 4.48. The van der Waals surface area contributed by atoms with Crippen LogP contribution in [0, 0.1) is 5.92 Å². The molecule has 0 saturated carbocycles. The third-order valence-corrected chi connectivity index (χ3v) is 4.63. The molecule has 2 heterocycles. The summed E-state index contributed by atoms with van der Waals surface area (Å²) in [4.78, 5) is 16.5. The standard InChI is InChI=1S/C14H27N3O2/c1-14(15,13(18)19-3)10-17-8-6-12-11(9-17)5-4-7-16(12)2/h11-12H,4-10,15H2,1-3H3. The first-order chi connectivity index (χ1) is 8.94. The molecule has 2 saturated heterocycles. The van der Waals surface area contributed by atoms with Crippen molar-refractivity contribution in [2.75, 3.05) is 40.3 Å². The number of carbonyl (C=O) groups excluding carboxylic acids is 1. The minimum Gasteiger partial charge on any atom is -0.468 e. The van der Waals surface area contributed by atoms with Crippen LogP contribution in [0.3, 0.4) is 0 Å². The van der Waals surface area contributed by atoms with Crippen molar-refractivity contribution in [3.63, 3.8) is 0 Å². The van der Waals surface area contributed by atoms with Gasteiger partial charge in [-0.1, -0.05) is 0 Å². The van der Waals surface area contributed by atoms with E-state index in [0.29, 0.717) is 12.6 Å². The predicted molar refractivity (Wildman–Crippen MR) is 74.8 cm³/mol. The van der Waals surface area contributed by atoms with Gasteiger partial charge in [-0.2, -0.15) is 0 Å². The van der Waals surface area contributed by atoms with Crippen molar-refractivity contribution in [1.29, 1.82) is 0 Å². The summed E-state index contributed by atoms with van der Waals surface area (Å²) in [5.41, 5.74) is 5.17. The first-order valence-electron chi connectivity index (χ1n) is 7.24. The minimum absolute atomic E-state index is 0.324. The summed E-state index contributed by atoms with van der Waals surface area (Å²) >= 11 is 0. The summed E-state index contributed by atoms with van der Waals surface area (Å²) in [5, 5.41) is 0. The van der Waals surface area contributed by atoms with Gasteiger partial charge >= 0.3 is 5.97 Å². The summed E-state index contributed by atoms with van der Waals surface area (Å²) in [6.45, 7) is 5.65. The number of hydrogen-bond acceptors (Lipinski definition) is 5. The second kappa shape index (κ2) is 5.77. The number of nitrogens with two attached hydrogens (primary N) is 1. The molecule has 2 rings (SSSR count). The quantitative estimate of drug-likeness (QED) is 0.747. The summed E-state index contributed by atoms with van der Waals surface area (Å²) in [6, 6.07) is 0.715. The number of ether oxygens (including phenoxy) is 1. The maximum atomic E-state index is 11.7. The molecule has 19 heavy (non-hydrogen) atoms. The van der Waals surface area contributed by atoms with Gasteiger partial charge in [-0.05, 0) is 52.2 Å². The number of methoxy groups -OCH3 is 1. The minimum atomic E-state index is -0.901. The van der Waals surface area contributed by atoms with Gasteiger partial charge in [-0.3, -0.25) is 4.79 Å². The zero-order valence-corrected chi connectivity index (χ0v) is 12.4. The fourth-order valence-electron chi connectivity index (χ4n) is 3.63. The van der Waals surface area contributed by atoms with Crippen LogP contribution in [0.25, 0.3) is 0 Å². The van der Waals surface area contributed by atoms with Gasteiger partial charge in [0.25, 0.3) is 0 Å². The fourth-order valence-corrected chi connectivity index (χ4v) is 3.63. The number of likely N-dealkylation sites (tertiary alicyclic amines) is 2. The van der Waals surface area contributed by atoms with Crippen molar-refractivity contribution in [3.8, 4) is 0 Å². The molecule has 0 aliphatic carbocycles. The summed E-state index contributed by atoms with van der Waals surface area (Å²) in [6.07, 6.45) is 3.76. The highest BCUT2D eigenvalue weighted by molar-refractivity contribution is 5.80. The van der Waals surface area contributed by atoms with Gasteiger partial charge in [-0.25, -0.2) is 0 Å². The largest absolute Gasteiger partial charge is 0.468 e. The van der Waals surface area contributed by atoms with Crippen molar-refractivity contribution in [1.82, 2.24) is 9.80 Å². The van der Waals surface area contributed by atoms with Crippen LogP contribution in [-0.2, 0) is 9.53 Å². The summed E-state index contributed by atoms with van der Waals surface area (Å²) < 4.78 is 4.78. The lowest BCUT2D eigenvalue weighted by atomic mass is 9.83. The van der Waals surface area contributed by atoms with E-state index in [0.717, 1.165) is 19.0 Å². The van der Waals surface area contributed by atoms with Crippen LogP contribution in [-0.4, -0.2) is 67.7 Å². The number of hydrogen-bond donors (Lipinski definition) is 1. The number of carbonyl (C=O) groups is 1. The molecular weight excluding hydrogens is 242 g/mol. The highest BCUT2D eigenvalue weighted by atomic mass is 16.5. The lowest BCUT2D eigenvalue weighted by Gasteiger charge is -2.47. The van der Waals surface area contributed by atoms with E-state index in [-0.39, 0.29) is 5.97 Å². The van der Waals surface area contributed by atoms with Crippen molar-refractivity contribution < 1.29 is 9.53 Å². The Labute approximate surface area is 116 Å². The van der Waals surface area contributed by atoms with E-state index in [9.17, 15) is 4.79 Å². The third kappa shape index (κ3) is 3.27. The Balaban J connectivity index is 1.92. The van der Waals surface area contributed by atoms with E-state index < -0.39 is 5.54 Å². The second-order valence-corrected chi connectivity index (χ2v) is 6.38. The van der Waals surface area contributed by atoms with Crippen LogP contribution in [0.2, 0.25) is 0 Å². The van der Waals surface area contributed by atoms with Crippen LogP contribution in [0.5, 0.6) is 0 Å². The van der Waals surface area contributed by atoms with Gasteiger partial charge in [0, 0.05) is 19.1 Å². The Morgan fingerprint density at radius 3 is 2.84 bits per heavy atom. The molecule has 0 aromatic heterocycles. The predicted octanol–water partition coefficient (Wildman–Crippen LogP) is 0.293. The number of piperidine rings is 2. The highest BCUT2D eigenvalue weighted by Gasteiger charge is 2.38. The molecule has 0 aromatic rings. The van der Waals surface area contributed by atoms with Gasteiger partial charge in [0.05, 0.1) is 7.11 Å². The van der Waals surface area contributed by atoms with Gasteiger partial charge in [-0.15, -0.1) is 0 Å². The van der Waals surface area contributed by atoms with E-state index >= 15 is 0 Å². The van der Waals surface area contributed by atoms with Gasteiger partial charge < -0.3 is 20.3 Å². The average Bonchev–Trinajstić information content (AvgIpc) is 2.37. The maximum absolute atomic E-state index is 11.7. The number of esters is 1. The van der Waals surface area contributed by atoms with Crippen molar-refractivity contribution in [2.45, 2.75) is 37.8 Å². The second-order valence-electron chi connectivity index (χ2n) is 6.38. The molecule has 0 spiro atoms. The number of rotatable bonds is 3. The van der Waals surface area contributed by atoms with Crippen LogP contribution in [0.1, 0.15) is 26.2 Å². The lowest BCUT2D eigenvalue weighted by Crippen LogP contribution is -2.59. The van der Waals surface area contributed by atoms with E-state index in [1.807, 2.05) is 0 Å². The monoisotopic (exact) mass is 269 g/mol. The molecule has 3 unspecified atom stereocenters. The topological polar surface area (TPSA) is 58.8 Å². The molecule has 5 heteroatoms. The third-order valence-electron chi connectivity index (χ3n) is 4.63. The zero-order valence-electron chi connectivity index (χ0n) is 12.4. The molecule has 5 nitrogen and oxygen atoms in total. The number of fused-ring (bicyclic) bond motifs is 1. The fraction of sp³-hybridized carbons (Fsp3) is 0.929. The van der Waals surface area contributed by atoms with Gasteiger partial charge in [0.1, 0.15) is 5.54 Å². The lowest BCUT2D eigenvalue weighted by molar-refractivity contribution is -0.147. The van der Waals surface area contributed by atoms with E-state index in [4.69, 9.17) is 10.5 Å². The van der Waals surface area contributed by atoms with Crippen molar-refractivity contribution in [2.24, 2.45) is 11.7 Å². The molecule has 0 aromatic carbocycles. The smallest absolute Gasteiger partial charge is 0.326 e. The molecular formula is C14H27N3O2. The molecule has 2 aliphatic heterocycles. The zero-order chi connectivity index (χ0) is 14.0. The van der Waals surface area contributed by atoms with E-state index in [2.05, 4.69) is 16.8 Å². The average molecular weight is 269 g/mol. The SMILES string of the molecule is COC(=O)C(C)(N)CN1CCC2C(CCCN2C)C1. The van der Waals surface area contributed by atoms with Crippen LogP contribution in [0.4, 0.5) is 0 Å². The van der Waals surface area contributed by atoms with Crippen molar-refractivity contribution >= 4 is 5.97 Å². The molecule has 3 atom stereocenters. The number of nitrogens with zero attached hydrogens (tertiary/aromatic N) is 2. The maximum Gasteiger partial charge on any atom is 0.326 e. The summed E-state index contributed by atoms with van der Waals surface area (Å²) in [5.74, 6) is 0.399. The highest BCUT2D eigenvalue weighted by Crippen LogP contribution is 2.29. The van der Waals surface area contributed by atoms with Crippen LogP contribution >= 0.6 is 0 Å². The molecule has 2 aliphatic rings. The normalized spacial score (nSPS) is 32.4. The summed E-state index contributed by atoms with van der Waals surface area (Å²) in [7, 11) is 3.63. The molecule has 2 N–H and O–H groups in total. The Bertz CT molecular complexity index is 333. The van der Waals surface area contributed by atoms with E-state index in [1.54, 1.807) is 6.92 Å². The molecule has 2 fully saturated rings. The first-order valence-corrected chi connectivity index (χ1v) is 7.24. The Morgan fingerprint density at radius 2 is 2.16 bits per heavy atom. The molecule has 0 bridgehead atoms. The van der Waals surface area contributed by atoms with Crippen molar-refractivity contribution in [3.05, 3.63) is 0 Å². The molecule has 0 amide bonds. The van der Waals surface area contributed by atoms with Gasteiger partial charge in [0.15, 0.2) is 0 Å². The van der Waals surface area contributed by atoms with Crippen LogP contribution in [0.15, 0.2) is 0 Å². The van der Waals surface area contributed by atoms with Crippen LogP contribution < -0.4 is 5.73 Å². The molecule has 110 valence electrons. The first kappa shape index (κ1) is 14.8. The molecule has 0 radical (unpaired) electrons. The van der Waals surface area contributed by atoms with Gasteiger partial charge in [0.2, 0.25) is 0 Å². The Hall–Kier alpha value is -0.650. The Morgan fingerprint density at radius 1 is 1.42 bits per heavy atom. The van der Waals surface area contributed by atoms with E-state index in [1.165, 1.54) is 32.9 Å².